The number of carbonyl (C=O) groups excluding carboxylic acids is 1. The van der Waals surface area contributed by atoms with Gasteiger partial charge in [-0.25, -0.2) is 13.2 Å². The van der Waals surface area contributed by atoms with Crippen LogP contribution in [0.5, 0.6) is 5.75 Å². The van der Waals surface area contributed by atoms with Crippen molar-refractivity contribution in [3.05, 3.63) is 63.4 Å². The van der Waals surface area contributed by atoms with E-state index in [0.717, 1.165) is 12.1 Å². The summed E-state index contributed by atoms with van der Waals surface area (Å²) in [5.41, 5.74) is 0.280. The summed E-state index contributed by atoms with van der Waals surface area (Å²) in [4.78, 5) is 10.5. The van der Waals surface area contributed by atoms with Gasteiger partial charge in [0.15, 0.2) is 17.4 Å². The molecule has 20 heavy (non-hydrogen) atoms. The average molecular weight is 345 g/mol. The van der Waals surface area contributed by atoms with Crippen LogP contribution in [0.15, 0.2) is 34.8 Å². The Kier molecular flexibility index (Phi) is 4.44. The van der Waals surface area contributed by atoms with Crippen LogP contribution in [0.1, 0.15) is 15.9 Å². The molecule has 0 spiro atoms. The van der Waals surface area contributed by atoms with Gasteiger partial charge in [-0.15, -0.1) is 0 Å². The lowest BCUT2D eigenvalue weighted by Gasteiger charge is -2.10. The van der Waals surface area contributed by atoms with Gasteiger partial charge in [0.05, 0.1) is 4.47 Å². The Morgan fingerprint density at radius 1 is 1.10 bits per heavy atom. The zero-order valence-corrected chi connectivity index (χ0v) is 11.6. The first-order valence-electron chi connectivity index (χ1n) is 5.53. The fourth-order valence-electron chi connectivity index (χ4n) is 1.60. The molecule has 2 aromatic rings. The van der Waals surface area contributed by atoms with Crippen LogP contribution in [0.3, 0.4) is 0 Å². The molecule has 0 aliphatic carbocycles. The van der Waals surface area contributed by atoms with E-state index in [4.69, 9.17) is 4.74 Å². The molecule has 0 saturated heterocycles. The molecular weight excluding hydrogens is 337 g/mol. The lowest BCUT2D eigenvalue weighted by molar-refractivity contribution is 0.112. The molecule has 2 nitrogen and oxygen atoms in total. The Hall–Kier alpha value is -1.82. The van der Waals surface area contributed by atoms with E-state index < -0.39 is 23.2 Å². The highest BCUT2D eigenvalue weighted by Crippen LogP contribution is 2.26. The van der Waals surface area contributed by atoms with Crippen LogP contribution in [-0.4, -0.2) is 6.29 Å². The highest BCUT2D eigenvalue weighted by molar-refractivity contribution is 9.10. The summed E-state index contributed by atoms with van der Waals surface area (Å²) in [5.74, 6) is -3.07. The van der Waals surface area contributed by atoms with Crippen LogP contribution < -0.4 is 4.74 Å². The number of aldehydes is 1. The SMILES string of the molecule is O=Cc1cc(F)c(OCc2cccc(F)c2Br)c(F)c1. The number of rotatable bonds is 4. The highest BCUT2D eigenvalue weighted by Gasteiger charge is 2.14. The van der Waals surface area contributed by atoms with E-state index in [0.29, 0.717) is 11.8 Å². The third-order valence-corrected chi connectivity index (χ3v) is 3.45. The van der Waals surface area contributed by atoms with Crippen molar-refractivity contribution in [2.24, 2.45) is 0 Å². The topological polar surface area (TPSA) is 26.3 Å². The Labute approximate surface area is 121 Å². The van der Waals surface area contributed by atoms with Crippen molar-refractivity contribution in [3.63, 3.8) is 0 Å². The number of hydrogen-bond acceptors (Lipinski definition) is 2. The van der Waals surface area contributed by atoms with Crippen molar-refractivity contribution >= 4 is 22.2 Å². The minimum Gasteiger partial charge on any atom is -0.483 e. The predicted molar refractivity (Wildman–Crippen MR) is 70.2 cm³/mol. The molecule has 0 fully saturated rings. The molecule has 0 saturated carbocycles. The molecule has 0 amide bonds. The number of benzene rings is 2. The van der Waals surface area contributed by atoms with Gasteiger partial charge in [0.1, 0.15) is 18.7 Å². The van der Waals surface area contributed by atoms with Gasteiger partial charge in [0, 0.05) is 11.1 Å². The van der Waals surface area contributed by atoms with E-state index >= 15 is 0 Å². The van der Waals surface area contributed by atoms with E-state index in [2.05, 4.69) is 15.9 Å². The maximum Gasteiger partial charge on any atom is 0.191 e. The molecule has 2 rings (SSSR count). The molecule has 0 unspecified atom stereocenters. The summed E-state index contributed by atoms with van der Waals surface area (Å²) < 4.78 is 45.6. The van der Waals surface area contributed by atoms with Crippen LogP contribution >= 0.6 is 15.9 Å². The fourth-order valence-corrected chi connectivity index (χ4v) is 1.97. The minimum atomic E-state index is -0.986. The van der Waals surface area contributed by atoms with Crippen LogP contribution in [0.2, 0.25) is 0 Å². The molecule has 0 aliphatic rings. The Morgan fingerprint density at radius 2 is 1.75 bits per heavy atom. The average Bonchev–Trinajstić information content (AvgIpc) is 2.42. The van der Waals surface area contributed by atoms with Crippen LogP contribution in [0.4, 0.5) is 13.2 Å². The summed E-state index contributed by atoms with van der Waals surface area (Å²) >= 11 is 3.02. The summed E-state index contributed by atoms with van der Waals surface area (Å²) in [5, 5.41) is 0. The van der Waals surface area contributed by atoms with Gasteiger partial charge in [-0.2, -0.15) is 0 Å². The Bertz CT molecular complexity index is 636. The zero-order chi connectivity index (χ0) is 14.7. The zero-order valence-electron chi connectivity index (χ0n) is 10.00. The summed E-state index contributed by atoms with van der Waals surface area (Å²) in [6.45, 7) is -0.216. The van der Waals surface area contributed by atoms with Crippen LogP contribution in [0.25, 0.3) is 0 Å². The monoisotopic (exact) mass is 344 g/mol. The van der Waals surface area contributed by atoms with Crippen molar-refractivity contribution in [2.45, 2.75) is 6.61 Å². The van der Waals surface area contributed by atoms with Crippen molar-refractivity contribution in [1.29, 1.82) is 0 Å². The number of hydrogen-bond donors (Lipinski definition) is 0. The molecule has 0 heterocycles. The van der Waals surface area contributed by atoms with E-state index in [1.165, 1.54) is 12.1 Å². The fraction of sp³-hybridized carbons (Fsp3) is 0.0714. The highest BCUT2D eigenvalue weighted by atomic mass is 79.9. The number of halogens is 4. The van der Waals surface area contributed by atoms with Gasteiger partial charge in [-0.05, 0) is 34.1 Å². The van der Waals surface area contributed by atoms with E-state index in [1.807, 2.05) is 0 Å². The van der Waals surface area contributed by atoms with Gasteiger partial charge in [0.2, 0.25) is 0 Å². The first-order chi connectivity index (χ1) is 9.52. The van der Waals surface area contributed by atoms with Crippen molar-refractivity contribution < 1.29 is 22.7 Å². The normalized spacial score (nSPS) is 10.4. The van der Waals surface area contributed by atoms with E-state index in [-0.39, 0.29) is 16.6 Å². The number of ether oxygens (including phenoxy) is 1. The standard InChI is InChI=1S/C14H8BrF3O2/c15-13-9(2-1-3-10(13)16)7-20-14-11(17)4-8(6-19)5-12(14)18/h1-6H,7H2. The quantitative estimate of drug-likeness (QED) is 0.774. The third-order valence-electron chi connectivity index (χ3n) is 2.56. The van der Waals surface area contributed by atoms with Gasteiger partial charge in [0.25, 0.3) is 0 Å². The molecule has 0 atom stereocenters. The van der Waals surface area contributed by atoms with E-state index in [9.17, 15) is 18.0 Å². The molecule has 0 N–H and O–H groups in total. The smallest absolute Gasteiger partial charge is 0.191 e. The summed E-state index contributed by atoms with van der Waals surface area (Å²) in [7, 11) is 0. The van der Waals surface area contributed by atoms with Gasteiger partial charge < -0.3 is 4.74 Å². The first kappa shape index (κ1) is 14.6. The van der Waals surface area contributed by atoms with Crippen molar-refractivity contribution in [1.82, 2.24) is 0 Å². The molecule has 0 aliphatic heterocycles. The maximum atomic E-state index is 13.6. The summed E-state index contributed by atoms with van der Waals surface area (Å²) in [6, 6.07) is 6.00. The lowest BCUT2D eigenvalue weighted by atomic mass is 10.2. The number of carbonyl (C=O) groups is 1. The van der Waals surface area contributed by atoms with Crippen LogP contribution in [0, 0.1) is 17.5 Å². The van der Waals surface area contributed by atoms with Gasteiger partial charge >= 0.3 is 0 Å². The van der Waals surface area contributed by atoms with Crippen LogP contribution in [-0.2, 0) is 6.61 Å². The van der Waals surface area contributed by atoms with Crippen molar-refractivity contribution in [3.8, 4) is 5.75 Å². The lowest BCUT2D eigenvalue weighted by Crippen LogP contribution is -2.02. The van der Waals surface area contributed by atoms with E-state index in [1.54, 1.807) is 6.07 Å². The Morgan fingerprint density at radius 3 is 2.35 bits per heavy atom. The van der Waals surface area contributed by atoms with Gasteiger partial charge in [-0.1, -0.05) is 12.1 Å². The maximum absolute atomic E-state index is 13.6. The Balaban J connectivity index is 2.23. The molecule has 2 aromatic carbocycles. The second kappa shape index (κ2) is 6.09. The second-order valence-electron chi connectivity index (χ2n) is 3.93. The largest absolute Gasteiger partial charge is 0.483 e. The van der Waals surface area contributed by atoms with Gasteiger partial charge in [-0.3, -0.25) is 4.79 Å². The minimum absolute atomic E-state index is 0.126. The molecular formula is C14H8BrF3O2. The predicted octanol–water partition coefficient (Wildman–Crippen LogP) is 4.26. The van der Waals surface area contributed by atoms with Crippen molar-refractivity contribution in [2.75, 3.05) is 0 Å². The summed E-state index contributed by atoms with van der Waals surface area (Å²) in [6.07, 6.45) is 0.332. The second-order valence-corrected chi connectivity index (χ2v) is 4.73. The molecule has 6 heteroatoms. The molecule has 104 valence electrons. The molecule has 0 radical (unpaired) electrons. The first-order valence-corrected chi connectivity index (χ1v) is 6.32. The molecule has 0 aromatic heterocycles. The third kappa shape index (κ3) is 3.01. The molecule has 0 bridgehead atoms.